The summed E-state index contributed by atoms with van der Waals surface area (Å²) in [6, 6.07) is 18.1. The highest BCUT2D eigenvalue weighted by Gasteiger charge is 2.32. The maximum Gasteiger partial charge on any atom is 0.268 e. The van der Waals surface area contributed by atoms with Gasteiger partial charge < -0.3 is 29.2 Å². The maximum absolute atomic E-state index is 13.0. The number of nitrogens with zero attached hydrogens (tertiary/aromatic N) is 1. The lowest BCUT2D eigenvalue weighted by Crippen LogP contribution is -2.44. The first-order valence-electron chi connectivity index (χ1n) is 10.7. The fourth-order valence-electron chi connectivity index (χ4n) is 3.83. The van der Waals surface area contributed by atoms with Crippen LogP contribution in [0.4, 0.5) is 11.4 Å². The Morgan fingerprint density at radius 3 is 2.26 bits per heavy atom. The van der Waals surface area contributed by atoms with Crippen LogP contribution >= 0.6 is 0 Å². The van der Waals surface area contributed by atoms with E-state index in [1.807, 2.05) is 30.3 Å². The summed E-state index contributed by atoms with van der Waals surface area (Å²) in [5, 5.41) is 2.87. The summed E-state index contributed by atoms with van der Waals surface area (Å²) in [6.07, 6.45) is -0.601. The number of anilines is 2. The number of carbonyl (C=O) groups excluding carboxylic acids is 2. The average molecular weight is 463 g/mol. The van der Waals surface area contributed by atoms with Crippen molar-refractivity contribution in [1.82, 2.24) is 0 Å². The molecule has 34 heavy (non-hydrogen) atoms. The van der Waals surface area contributed by atoms with Crippen LogP contribution in [0.1, 0.15) is 22.8 Å². The Labute approximate surface area is 198 Å². The molecule has 1 aliphatic heterocycles. The number of methoxy groups -OCH3 is 3. The highest BCUT2D eigenvalue weighted by molar-refractivity contribution is 6.06. The molecule has 0 bridgehead atoms. The number of rotatable bonds is 7. The van der Waals surface area contributed by atoms with Gasteiger partial charge in [0.25, 0.3) is 11.8 Å². The van der Waals surface area contributed by atoms with Crippen molar-refractivity contribution in [2.24, 2.45) is 0 Å². The number of carbonyl (C=O) groups is 2. The molecule has 176 valence electrons. The van der Waals surface area contributed by atoms with E-state index in [1.54, 1.807) is 42.2 Å². The molecular weight excluding hydrogens is 436 g/mol. The van der Waals surface area contributed by atoms with Gasteiger partial charge in [0.2, 0.25) is 5.75 Å². The van der Waals surface area contributed by atoms with Gasteiger partial charge in [0.15, 0.2) is 17.6 Å². The lowest BCUT2D eigenvalue weighted by atomic mass is 10.1. The molecule has 3 aromatic carbocycles. The van der Waals surface area contributed by atoms with Crippen LogP contribution < -0.4 is 29.2 Å². The van der Waals surface area contributed by atoms with Crippen LogP contribution in [-0.2, 0) is 11.3 Å². The highest BCUT2D eigenvalue weighted by atomic mass is 16.5. The summed E-state index contributed by atoms with van der Waals surface area (Å²) in [6.45, 7) is 2.12. The molecule has 0 radical (unpaired) electrons. The number of hydrogen-bond donors (Lipinski definition) is 1. The van der Waals surface area contributed by atoms with E-state index in [9.17, 15) is 9.59 Å². The zero-order valence-electron chi connectivity index (χ0n) is 19.5. The fourth-order valence-corrected chi connectivity index (χ4v) is 3.83. The third kappa shape index (κ3) is 4.47. The molecule has 3 aromatic rings. The molecular formula is C26H26N2O6. The quantitative estimate of drug-likeness (QED) is 0.564. The van der Waals surface area contributed by atoms with E-state index in [2.05, 4.69) is 5.32 Å². The molecule has 0 fully saturated rings. The van der Waals surface area contributed by atoms with E-state index in [1.165, 1.54) is 21.3 Å². The second kappa shape index (κ2) is 9.74. The minimum atomic E-state index is -0.601. The van der Waals surface area contributed by atoms with Crippen molar-refractivity contribution in [1.29, 1.82) is 0 Å². The number of hydrogen-bond acceptors (Lipinski definition) is 6. The van der Waals surface area contributed by atoms with Crippen LogP contribution in [0.5, 0.6) is 23.0 Å². The maximum atomic E-state index is 13.0. The van der Waals surface area contributed by atoms with Gasteiger partial charge in [-0.05, 0) is 42.8 Å². The summed E-state index contributed by atoms with van der Waals surface area (Å²) in [5.41, 5.74) is 2.42. The van der Waals surface area contributed by atoms with Gasteiger partial charge in [-0.1, -0.05) is 30.3 Å². The smallest absolute Gasteiger partial charge is 0.268 e. The van der Waals surface area contributed by atoms with Crippen LogP contribution in [0.25, 0.3) is 0 Å². The molecule has 0 aliphatic carbocycles. The molecule has 1 heterocycles. The van der Waals surface area contributed by atoms with E-state index in [0.717, 1.165) is 5.56 Å². The molecule has 0 saturated heterocycles. The Kier molecular flexibility index (Phi) is 6.58. The predicted octanol–water partition coefficient (Wildman–Crippen LogP) is 4.28. The van der Waals surface area contributed by atoms with E-state index in [0.29, 0.717) is 46.5 Å². The Hall–Kier alpha value is -4.20. The third-order valence-electron chi connectivity index (χ3n) is 5.54. The number of nitrogens with one attached hydrogen (secondary N) is 1. The Balaban J connectivity index is 1.64. The average Bonchev–Trinajstić information content (AvgIpc) is 2.86. The lowest BCUT2D eigenvalue weighted by molar-refractivity contribution is -0.125. The summed E-state index contributed by atoms with van der Waals surface area (Å²) in [7, 11) is 4.47. The van der Waals surface area contributed by atoms with E-state index in [4.69, 9.17) is 18.9 Å². The van der Waals surface area contributed by atoms with Crippen molar-refractivity contribution in [2.75, 3.05) is 31.5 Å². The van der Waals surface area contributed by atoms with Gasteiger partial charge in [0.05, 0.1) is 33.6 Å². The van der Waals surface area contributed by atoms with Crippen LogP contribution in [0.3, 0.4) is 0 Å². The van der Waals surface area contributed by atoms with E-state index < -0.39 is 6.10 Å². The Morgan fingerprint density at radius 1 is 0.971 bits per heavy atom. The monoisotopic (exact) mass is 462 g/mol. The molecule has 1 aliphatic rings. The van der Waals surface area contributed by atoms with Gasteiger partial charge >= 0.3 is 0 Å². The van der Waals surface area contributed by atoms with Crippen molar-refractivity contribution < 1.29 is 28.5 Å². The Morgan fingerprint density at radius 2 is 1.65 bits per heavy atom. The standard InChI is InChI=1S/C26H26N2O6/c1-16-26(30)28(15-17-8-6-5-7-9-17)20-14-19(10-11-21(20)34-16)27-25(29)18-12-22(31-2)24(33-4)23(13-18)32-3/h5-14,16H,15H2,1-4H3,(H,27,29). The van der Waals surface area contributed by atoms with Gasteiger partial charge in [-0.2, -0.15) is 0 Å². The van der Waals surface area contributed by atoms with Crippen LogP contribution in [0.2, 0.25) is 0 Å². The molecule has 0 saturated carbocycles. The van der Waals surface area contributed by atoms with Gasteiger partial charge in [0, 0.05) is 11.3 Å². The third-order valence-corrected chi connectivity index (χ3v) is 5.54. The minimum absolute atomic E-state index is 0.149. The number of amides is 2. The molecule has 8 nitrogen and oxygen atoms in total. The fraction of sp³-hybridized carbons (Fsp3) is 0.231. The second-order valence-corrected chi connectivity index (χ2v) is 7.72. The molecule has 1 atom stereocenters. The van der Waals surface area contributed by atoms with Gasteiger partial charge in [-0.25, -0.2) is 0 Å². The van der Waals surface area contributed by atoms with Crippen LogP contribution in [-0.4, -0.2) is 39.2 Å². The zero-order chi connectivity index (χ0) is 24.2. The van der Waals surface area contributed by atoms with Gasteiger partial charge in [-0.3, -0.25) is 9.59 Å². The predicted molar refractivity (Wildman–Crippen MR) is 128 cm³/mol. The normalized spacial score (nSPS) is 14.6. The van der Waals surface area contributed by atoms with Crippen molar-refractivity contribution in [3.63, 3.8) is 0 Å². The first kappa shape index (κ1) is 23.0. The van der Waals surface area contributed by atoms with Crippen molar-refractivity contribution in [3.05, 3.63) is 71.8 Å². The topological polar surface area (TPSA) is 86.3 Å². The molecule has 2 amide bonds. The van der Waals surface area contributed by atoms with E-state index >= 15 is 0 Å². The number of fused-ring (bicyclic) bond motifs is 1. The second-order valence-electron chi connectivity index (χ2n) is 7.72. The Bertz CT molecular complexity index is 1190. The van der Waals surface area contributed by atoms with E-state index in [-0.39, 0.29) is 11.8 Å². The largest absolute Gasteiger partial charge is 0.493 e. The lowest BCUT2D eigenvalue weighted by Gasteiger charge is -2.33. The molecule has 8 heteroatoms. The van der Waals surface area contributed by atoms with Crippen molar-refractivity contribution in [3.8, 4) is 23.0 Å². The first-order chi connectivity index (χ1) is 16.4. The van der Waals surface area contributed by atoms with Crippen molar-refractivity contribution in [2.45, 2.75) is 19.6 Å². The SMILES string of the molecule is COc1cc(C(=O)Nc2ccc3c(c2)N(Cc2ccccc2)C(=O)C(C)O3)cc(OC)c1OC. The van der Waals surface area contributed by atoms with Gasteiger partial charge in [0.1, 0.15) is 5.75 Å². The van der Waals surface area contributed by atoms with Crippen LogP contribution in [0.15, 0.2) is 60.7 Å². The molecule has 4 rings (SSSR count). The first-order valence-corrected chi connectivity index (χ1v) is 10.7. The number of ether oxygens (including phenoxy) is 4. The molecule has 1 N–H and O–H groups in total. The summed E-state index contributed by atoms with van der Waals surface area (Å²) in [4.78, 5) is 27.6. The summed E-state index contributed by atoms with van der Waals surface area (Å²) in [5.74, 6) is 1.21. The van der Waals surface area contributed by atoms with Crippen molar-refractivity contribution >= 4 is 23.2 Å². The van der Waals surface area contributed by atoms with Crippen LogP contribution in [0, 0.1) is 0 Å². The summed E-state index contributed by atoms with van der Waals surface area (Å²) >= 11 is 0. The summed E-state index contributed by atoms with van der Waals surface area (Å²) < 4.78 is 21.8. The highest BCUT2D eigenvalue weighted by Crippen LogP contribution is 2.39. The molecule has 0 spiro atoms. The zero-order valence-corrected chi connectivity index (χ0v) is 19.5. The minimum Gasteiger partial charge on any atom is -0.493 e. The number of benzene rings is 3. The molecule has 1 unspecified atom stereocenters. The molecule has 0 aromatic heterocycles. The van der Waals surface area contributed by atoms with Gasteiger partial charge in [-0.15, -0.1) is 0 Å².